The van der Waals surface area contributed by atoms with Gasteiger partial charge in [-0.15, -0.1) is 11.8 Å². The van der Waals surface area contributed by atoms with Gasteiger partial charge in [0.25, 0.3) is 0 Å². The fourth-order valence-electron chi connectivity index (χ4n) is 2.32. The van der Waals surface area contributed by atoms with Crippen molar-refractivity contribution in [2.75, 3.05) is 5.75 Å². The first kappa shape index (κ1) is 14.7. The van der Waals surface area contributed by atoms with Crippen LogP contribution in [0.4, 0.5) is 0 Å². The van der Waals surface area contributed by atoms with E-state index >= 15 is 0 Å². The fourth-order valence-corrected chi connectivity index (χ4v) is 6.44. The van der Waals surface area contributed by atoms with Crippen molar-refractivity contribution < 1.29 is 18.3 Å². The zero-order valence-electron chi connectivity index (χ0n) is 10.4. The second-order valence-electron chi connectivity index (χ2n) is 4.30. The topological polar surface area (TPSA) is 71.4 Å². The summed E-state index contributed by atoms with van der Waals surface area (Å²) in [6, 6.07) is 1.33. The van der Waals surface area contributed by atoms with Crippen LogP contribution in [0.3, 0.4) is 0 Å². The summed E-state index contributed by atoms with van der Waals surface area (Å²) in [4.78, 5) is 11.3. The predicted octanol–water partition coefficient (Wildman–Crippen LogP) is 2.76. The number of carboxylic acids is 1. The van der Waals surface area contributed by atoms with Crippen LogP contribution in [0.1, 0.15) is 28.4 Å². The third-order valence-corrected chi connectivity index (χ3v) is 7.55. The van der Waals surface area contributed by atoms with E-state index in [-0.39, 0.29) is 21.9 Å². The molecular formula is C12H13ClO4S2. The van der Waals surface area contributed by atoms with Crippen LogP contribution in [0.25, 0.3) is 0 Å². The number of thioether (sulfide) groups is 1. The van der Waals surface area contributed by atoms with Crippen molar-refractivity contribution in [3.05, 3.63) is 27.8 Å². The lowest BCUT2D eigenvalue weighted by Gasteiger charge is -2.09. The van der Waals surface area contributed by atoms with Gasteiger partial charge in [-0.3, -0.25) is 0 Å². The number of sulfone groups is 1. The fraction of sp³-hybridized carbons (Fsp3) is 0.417. The van der Waals surface area contributed by atoms with Crippen LogP contribution < -0.4 is 0 Å². The van der Waals surface area contributed by atoms with Crippen LogP contribution in [0, 0.1) is 6.92 Å². The number of benzene rings is 1. The lowest BCUT2D eigenvalue weighted by Crippen LogP contribution is -2.13. The average Bonchev–Trinajstić information content (AvgIpc) is 2.57. The third kappa shape index (κ3) is 2.26. The van der Waals surface area contributed by atoms with Crippen molar-refractivity contribution in [3.8, 4) is 0 Å². The van der Waals surface area contributed by atoms with E-state index in [1.807, 2.05) is 6.92 Å². The smallest absolute Gasteiger partial charge is 0.337 e. The van der Waals surface area contributed by atoms with E-state index in [0.717, 1.165) is 0 Å². The number of aryl methyl sites for hydroxylation is 1. The van der Waals surface area contributed by atoms with Crippen molar-refractivity contribution >= 4 is 39.2 Å². The zero-order valence-corrected chi connectivity index (χ0v) is 12.8. The first-order chi connectivity index (χ1) is 8.80. The number of fused-ring (bicyclic) bond motifs is 1. The van der Waals surface area contributed by atoms with Gasteiger partial charge >= 0.3 is 5.97 Å². The van der Waals surface area contributed by atoms with Crippen LogP contribution in [0.2, 0.25) is 5.02 Å². The molecule has 1 unspecified atom stereocenters. The number of hydrogen-bond acceptors (Lipinski definition) is 4. The third-order valence-electron chi connectivity index (χ3n) is 3.08. The maximum Gasteiger partial charge on any atom is 0.337 e. The summed E-state index contributed by atoms with van der Waals surface area (Å²) in [6.45, 7) is 3.50. The molecule has 0 aromatic heterocycles. The van der Waals surface area contributed by atoms with Crippen molar-refractivity contribution in [1.82, 2.24) is 0 Å². The number of carbonyl (C=O) groups is 1. The minimum atomic E-state index is -3.42. The molecule has 1 N–H and O–H groups in total. The highest BCUT2D eigenvalue weighted by Gasteiger charge is 2.40. The molecule has 0 spiro atoms. The Morgan fingerprint density at radius 3 is 2.74 bits per heavy atom. The molecule has 4 nitrogen and oxygen atoms in total. The molecule has 0 saturated heterocycles. The quantitative estimate of drug-likeness (QED) is 0.927. The molecule has 0 amide bonds. The van der Waals surface area contributed by atoms with Gasteiger partial charge in [0.05, 0.1) is 15.5 Å². The molecule has 2 rings (SSSR count). The predicted molar refractivity (Wildman–Crippen MR) is 76.0 cm³/mol. The van der Waals surface area contributed by atoms with Crippen LogP contribution >= 0.6 is 23.4 Å². The first-order valence-corrected chi connectivity index (χ1v) is 8.68. The molecule has 1 aliphatic rings. The molecule has 0 radical (unpaired) electrons. The number of carboxylic acid groups (broad SMARTS) is 1. The largest absolute Gasteiger partial charge is 0.478 e. The van der Waals surface area contributed by atoms with Crippen molar-refractivity contribution in [2.24, 2.45) is 0 Å². The molecular weight excluding hydrogens is 308 g/mol. The van der Waals surface area contributed by atoms with Gasteiger partial charge in [0.15, 0.2) is 9.84 Å². The van der Waals surface area contributed by atoms with E-state index in [2.05, 4.69) is 0 Å². The molecule has 0 bridgehead atoms. The highest BCUT2D eigenvalue weighted by atomic mass is 35.5. The Labute approximate surface area is 121 Å². The Kier molecular flexibility index (Phi) is 3.86. The summed E-state index contributed by atoms with van der Waals surface area (Å²) in [5.41, 5.74) is 0.872. The standard InChI is InChI=1S/C12H13ClO4S2/c1-3-18-9-5-7-10(13)8(12(14)15)4-6(2)11(7)19(9,16)17/h4,9H,3,5H2,1-2H3,(H,14,15). The van der Waals surface area contributed by atoms with E-state index in [1.54, 1.807) is 6.92 Å². The zero-order chi connectivity index (χ0) is 14.4. The van der Waals surface area contributed by atoms with E-state index in [9.17, 15) is 13.2 Å². The van der Waals surface area contributed by atoms with Crippen molar-refractivity contribution in [2.45, 2.75) is 29.7 Å². The number of rotatable bonds is 3. The molecule has 7 heteroatoms. The normalized spacial score (nSPS) is 20.3. The Morgan fingerprint density at radius 1 is 1.58 bits per heavy atom. The van der Waals surface area contributed by atoms with Crippen LogP contribution in [0.15, 0.2) is 11.0 Å². The second kappa shape index (κ2) is 5.00. The lowest BCUT2D eigenvalue weighted by molar-refractivity contribution is 0.0696. The Balaban J connectivity index is 2.69. The number of aromatic carboxylic acids is 1. The van der Waals surface area contributed by atoms with Gasteiger partial charge in [0.2, 0.25) is 0 Å². The molecule has 1 aromatic rings. The monoisotopic (exact) mass is 320 g/mol. The maximum absolute atomic E-state index is 12.4. The van der Waals surface area contributed by atoms with Crippen LogP contribution in [0.5, 0.6) is 0 Å². The van der Waals surface area contributed by atoms with Gasteiger partial charge in [-0.25, -0.2) is 13.2 Å². The van der Waals surface area contributed by atoms with E-state index in [4.69, 9.17) is 16.7 Å². The van der Waals surface area contributed by atoms with Gasteiger partial charge in [0.1, 0.15) is 4.58 Å². The second-order valence-corrected chi connectivity index (χ2v) is 8.53. The minimum Gasteiger partial charge on any atom is -0.478 e. The summed E-state index contributed by atoms with van der Waals surface area (Å²) in [5.74, 6) is -0.458. The Hall–Kier alpha value is -0.720. The molecule has 0 saturated carbocycles. The van der Waals surface area contributed by atoms with E-state index < -0.39 is 20.4 Å². The molecule has 1 atom stereocenters. The Morgan fingerprint density at radius 2 is 2.21 bits per heavy atom. The van der Waals surface area contributed by atoms with Crippen molar-refractivity contribution in [1.29, 1.82) is 0 Å². The van der Waals surface area contributed by atoms with Gasteiger partial charge < -0.3 is 5.11 Å². The first-order valence-electron chi connectivity index (χ1n) is 5.71. The summed E-state index contributed by atoms with van der Waals surface area (Å²) in [5, 5.41) is 9.13. The lowest BCUT2D eigenvalue weighted by atomic mass is 10.0. The minimum absolute atomic E-state index is 0.0322. The Bertz CT molecular complexity index is 652. The summed E-state index contributed by atoms with van der Waals surface area (Å²) < 4.78 is 24.2. The molecule has 1 heterocycles. The van der Waals surface area contributed by atoms with Gasteiger partial charge in [-0.2, -0.15) is 0 Å². The molecule has 0 aliphatic carbocycles. The van der Waals surface area contributed by atoms with Gasteiger partial charge in [-0.05, 0) is 29.9 Å². The molecule has 1 aliphatic heterocycles. The number of hydrogen-bond donors (Lipinski definition) is 1. The van der Waals surface area contributed by atoms with Crippen molar-refractivity contribution in [3.63, 3.8) is 0 Å². The number of halogens is 1. The summed E-state index contributed by atoms with van der Waals surface area (Å²) in [6.07, 6.45) is 0.275. The van der Waals surface area contributed by atoms with Crippen LogP contribution in [-0.2, 0) is 16.3 Å². The van der Waals surface area contributed by atoms with Gasteiger partial charge in [0, 0.05) is 6.42 Å². The summed E-state index contributed by atoms with van der Waals surface area (Å²) >= 11 is 7.40. The molecule has 19 heavy (non-hydrogen) atoms. The molecule has 0 fully saturated rings. The van der Waals surface area contributed by atoms with Gasteiger partial charge in [-0.1, -0.05) is 18.5 Å². The van der Waals surface area contributed by atoms with Crippen LogP contribution in [-0.4, -0.2) is 29.8 Å². The SMILES string of the molecule is CCSC1Cc2c(Cl)c(C(=O)O)cc(C)c2S1(=O)=O. The molecule has 104 valence electrons. The molecule has 1 aromatic carbocycles. The average molecular weight is 321 g/mol. The highest BCUT2D eigenvalue weighted by Crippen LogP contribution is 2.43. The van der Waals surface area contributed by atoms with E-state index in [1.165, 1.54) is 17.8 Å². The highest BCUT2D eigenvalue weighted by molar-refractivity contribution is 8.13. The maximum atomic E-state index is 12.4. The van der Waals surface area contributed by atoms with E-state index in [0.29, 0.717) is 16.9 Å². The summed E-state index contributed by atoms with van der Waals surface area (Å²) in [7, 11) is -3.42.